The first kappa shape index (κ1) is 21.0. The fourth-order valence-corrected chi connectivity index (χ4v) is 6.76. The molecule has 0 saturated heterocycles. The second kappa shape index (κ2) is 12.3. The molecule has 136 valence electrons. The first-order chi connectivity index (χ1) is 11.2. The highest BCUT2D eigenvalue weighted by Crippen LogP contribution is 2.28. The third-order valence-corrected chi connectivity index (χ3v) is 10.6. The Morgan fingerprint density at radius 1 is 0.826 bits per heavy atom. The van der Waals surface area contributed by atoms with Crippen LogP contribution in [0.15, 0.2) is 11.6 Å². The summed E-state index contributed by atoms with van der Waals surface area (Å²) in [5, 5.41) is 0. The lowest BCUT2D eigenvalue weighted by atomic mass is 9.99. The molecule has 0 aromatic heterocycles. The molecular weight excluding hydrogens is 296 g/mol. The summed E-state index contributed by atoms with van der Waals surface area (Å²) in [5.41, 5.74) is 1.52. The van der Waals surface area contributed by atoms with Gasteiger partial charge in [-0.3, -0.25) is 0 Å². The van der Waals surface area contributed by atoms with E-state index in [2.05, 4.69) is 33.8 Å². The van der Waals surface area contributed by atoms with E-state index in [9.17, 15) is 0 Å². The molecule has 0 saturated carbocycles. The predicted molar refractivity (Wildman–Crippen MR) is 107 cm³/mol. The van der Waals surface area contributed by atoms with Gasteiger partial charge in [-0.05, 0) is 49.9 Å². The molecule has 0 aromatic rings. The molecule has 0 aliphatic heterocycles. The van der Waals surface area contributed by atoms with Gasteiger partial charge in [0.15, 0.2) is 8.32 Å². The highest BCUT2D eigenvalue weighted by atomic mass is 28.4. The maximum atomic E-state index is 6.87. The van der Waals surface area contributed by atoms with Gasteiger partial charge in [-0.25, -0.2) is 0 Å². The minimum absolute atomic E-state index is 0.407. The predicted octanol–water partition coefficient (Wildman–Crippen LogP) is 7.63. The van der Waals surface area contributed by atoms with E-state index in [-0.39, 0.29) is 0 Å². The highest BCUT2D eigenvalue weighted by Gasteiger charge is 2.32. The molecule has 1 aliphatic rings. The van der Waals surface area contributed by atoms with Gasteiger partial charge in [0.25, 0.3) is 0 Å². The van der Waals surface area contributed by atoms with Crippen LogP contribution in [0.2, 0.25) is 18.1 Å². The van der Waals surface area contributed by atoms with Crippen LogP contribution in [-0.4, -0.2) is 14.4 Å². The average Bonchev–Trinajstić information content (AvgIpc) is 2.58. The Hall–Kier alpha value is -0.0831. The van der Waals surface area contributed by atoms with Crippen molar-refractivity contribution in [3.05, 3.63) is 11.6 Å². The average molecular weight is 339 g/mol. The van der Waals surface area contributed by atoms with E-state index in [1.807, 2.05) is 0 Å². The summed E-state index contributed by atoms with van der Waals surface area (Å²) in [6.07, 6.45) is 18.1. The van der Waals surface area contributed by atoms with Crippen LogP contribution < -0.4 is 0 Å². The van der Waals surface area contributed by atoms with Gasteiger partial charge in [-0.15, -0.1) is 0 Å². The van der Waals surface area contributed by atoms with E-state index in [0.29, 0.717) is 6.10 Å². The van der Waals surface area contributed by atoms with Crippen molar-refractivity contribution in [2.45, 2.75) is 123 Å². The number of hydrogen-bond acceptors (Lipinski definition) is 1. The largest absolute Gasteiger partial charge is 0.410 e. The molecule has 1 atom stereocenters. The summed E-state index contributed by atoms with van der Waals surface area (Å²) in [5.74, 6) is 0. The smallest absolute Gasteiger partial charge is 0.192 e. The molecule has 2 heteroatoms. The van der Waals surface area contributed by atoms with Crippen LogP contribution >= 0.6 is 0 Å². The van der Waals surface area contributed by atoms with E-state index < -0.39 is 8.32 Å². The van der Waals surface area contributed by atoms with Gasteiger partial charge in [-0.2, -0.15) is 0 Å². The first-order valence-corrected chi connectivity index (χ1v) is 13.0. The maximum absolute atomic E-state index is 6.87. The molecule has 1 aliphatic carbocycles. The van der Waals surface area contributed by atoms with Crippen molar-refractivity contribution in [3.8, 4) is 0 Å². The molecule has 1 nitrogen and oxygen atoms in total. The molecule has 1 unspecified atom stereocenters. The van der Waals surface area contributed by atoms with E-state index in [1.54, 1.807) is 0 Å². The minimum atomic E-state index is -1.50. The van der Waals surface area contributed by atoms with E-state index in [1.165, 1.54) is 94.3 Å². The second-order valence-electron chi connectivity index (χ2n) is 7.56. The Kier molecular flexibility index (Phi) is 11.2. The quantitative estimate of drug-likeness (QED) is 0.370. The molecule has 0 fully saturated rings. The lowest BCUT2D eigenvalue weighted by Crippen LogP contribution is -2.40. The Labute approximate surface area is 147 Å². The van der Waals surface area contributed by atoms with Crippen LogP contribution in [0.1, 0.15) is 98.3 Å². The third kappa shape index (κ3) is 8.02. The summed E-state index contributed by atoms with van der Waals surface area (Å²) in [4.78, 5) is 0. The van der Waals surface area contributed by atoms with E-state index in [0.717, 1.165) is 0 Å². The van der Waals surface area contributed by atoms with Gasteiger partial charge in [0.05, 0.1) is 6.10 Å². The van der Waals surface area contributed by atoms with Gasteiger partial charge in [0.1, 0.15) is 0 Å². The van der Waals surface area contributed by atoms with Gasteiger partial charge in [-0.1, -0.05) is 78.2 Å². The lowest BCUT2D eigenvalue weighted by molar-refractivity contribution is 0.205. The molecule has 0 aromatic carbocycles. The Bertz CT molecular complexity index is 312. The highest BCUT2D eigenvalue weighted by molar-refractivity contribution is 6.73. The van der Waals surface area contributed by atoms with Crippen molar-refractivity contribution in [1.29, 1.82) is 0 Å². The van der Waals surface area contributed by atoms with Crippen molar-refractivity contribution in [2.75, 3.05) is 0 Å². The standard InChI is InChI=1S/C21H42OSi/c1-5-23(6-2,7-3)22-21-19-17-15-13-11-9-8-10-12-14-16-18-20(21)4/h18,21H,5-17,19H2,1-4H3/b20-18-. The topological polar surface area (TPSA) is 9.23 Å². The molecule has 0 N–H and O–H groups in total. The molecule has 0 heterocycles. The van der Waals surface area contributed by atoms with Crippen LogP contribution in [0.3, 0.4) is 0 Å². The van der Waals surface area contributed by atoms with Gasteiger partial charge < -0.3 is 4.43 Å². The van der Waals surface area contributed by atoms with Crippen molar-refractivity contribution < 1.29 is 4.43 Å². The number of allylic oxidation sites excluding steroid dienone is 1. The number of hydrogen-bond donors (Lipinski definition) is 0. The van der Waals surface area contributed by atoms with E-state index >= 15 is 0 Å². The van der Waals surface area contributed by atoms with Crippen molar-refractivity contribution >= 4 is 8.32 Å². The Morgan fingerprint density at radius 2 is 1.30 bits per heavy atom. The maximum Gasteiger partial charge on any atom is 0.192 e. The second-order valence-corrected chi connectivity index (χ2v) is 12.3. The molecule has 0 amide bonds. The van der Waals surface area contributed by atoms with Crippen LogP contribution in [-0.2, 0) is 4.43 Å². The van der Waals surface area contributed by atoms with E-state index in [4.69, 9.17) is 4.43 Å². The summed E-state index contributed by atoms with van der Waals surface area (Å²) >= 11 is 0. The van der Waals surface area contributed by atoms with Crippen LogP contribution in [0, 0.1) is 0 Å². The van der Waals surface area contributed by atoms with Crippen molar-refractivity contribution in [1.82, 2.24) is 0 Å². The van der Waals surface area contributed by atoms with Crippen molar-refractivity contribution in [2.24, 2.45) is 0 Å². The van der Waals surface area contributed by atoms with Crippen LogP contribution in [0.4, 0.5) is 0 Å². The SMILES string of the molecule is CC[Si](CC)(CC)OC1CCCCCCCCCCC/C=C\1C. The molecule has 23 heavy (non-hydrogen) atoms. The molecule has 0 radical (unpaired) electrons. The zero-order chi connectivity index (χ0) is 17.0. The number of rotatable bonds is 5. The zero-order valence-corrected chi connectivity index (χ0v) is 17.5. The summed E-state index contributed by atoms with van der Waals surface area (Å²) in [7, 11) is -1.50. The zero-order valence-electron chi connectivity index (χ0n) is 16.5. The molecule has 1 rings (SSSR count). The molecule has 0 spiro atoms. The summed E-state index contributed by atoms with van der Waals surface area (Å²) in [6, 6.07) is 3.80. The fourth-order valence-electron chi connectivity index (χ4n) is 3.85. The van der Waals surface area contributed by atoms with Gasteiger partial charge >= 0.3 is 0 Å². The summed E-state index contributed by atoms with van der Waals surface area (Å²) in [6.45, 7) is 9.38. The van der Waals surface area contributed by atoms with Gasteiger partial charge in [0, 0.05) is 0 Å². The van der Waals surface area contributed by atoms with Crippen molar-refractivity contribution in [3.63, 3.8) is 0 Å². The monoisotopic (exact) mass is 338 g/mol. The first-order valence-electron chi connectivity index (χ1n) is 10.5. The van der Waals surface area contributed by atoms with Gasteiger partial charge in [0.2, 0.25) is 0 Å². The molecule has 0 bridgehead atoms. The fraction of sp³-hybridized carbons (Fsp3) is 0.905. The Morgan fingerprint density at radius 3 is 1.83 bits per heavy atom. The van der Waals surface area contributed by atoms with Crippen LogP contribution in [0.5, 0.6) is 0 Å². The Balaban J connectivity index is 2.71. The normalized spacial score (nSPS) is 25.4. The third-order valence-electron chi connectivity index (χ3n) is 5.97. The molecular formula is C21H42OSi. The minimum Gasteiger partial charge on any atom is -0.410 e. The lowest BCUT2D eigenvalue weighted by Gasteiger charge is -2.34. The van der Waals surface area contributed by atoms with Crippen LogP contribution in [0.25, 0.3) is 0 Å². The summed E-state index contributed by atoms with van der Waals surface area (Å²) < 4.78 is 6.87.